The summed E-state index contributed by atoms with van der Waals surface area (Å²) in [5, 5.41) is 2.54. The van der Waals surface area contributed by atoms with Crippen molar-refractivity contribution in [1.29, 1.82) is 0 Å². The van der Waals surface area contributed by atoms with Crippen LogP contribution in [0.4, 0.5) is 8.78 Å². The van der Waals surface area contributed by atoms with Gasteiger partial charge in [0.1, 0.15) is 5.56 Å². The highest BCUT2D eigenvalue weighted by molar-refractivity contribution is 5.98. The van der Waals surface area contributed by atoms with Gasteiger partial charge in [0.25, 0.3) is 5.91 Å². The highest BCUT2D eigenvalue weighted by atomic mass is 19.2. The number of ether oxygens (including phenoxy) is 1. The topological polar surface area (TPSA) is 71.2 Å². The van der Waals surface area contributed by atoms with Gasteiger partial charge in [0, 0.05) is 12.2 Å². The fourth-order valence-electron chi connectivity index (χ4n) is 2.13. The number of fused-ring (bicyclic) bond motifs is 1. The van der Waals surface area contributed by atoms with Crippen molar-refractivity contribution in [2.24, 2.45) is 0 Å². The van der Waals surface area contributed by atoms with Crippen LogP contribution in [0.25, 0.3) is 10.9 Å². The minimum atomic E-state index is -1.20. The van der Waals surface area contributed by atoms with E-state index in [0.717, 1.165) is 18.9 Å². The SMILES string of the molecule is COc1c(F)c(F)cc2c(=O)c(C(=O)NC3CC3)c[nH]c12. The van der Waals surface area contributed by atoms with Crippen molar-refractivity contribution in [3.63, 3.8) is 0 Å². The zero-order valence-electron chi connectivity index (χ0n) is 11.1. The average molecular weight is 294 g/mol. The van der Waals surface area contributed by atoms with Crippen LogP contribution in [-0.2, 0) is 0 Å². The Kier molecular flexibility index (Phi) is 3.12. The van der Waals surface area contributed by atoms with Crippen LogP contribution in [0.3, 0.4) is 0 Å². The Morgan fingerprint density at radius 1 is 1.43 bits per heavy atom. The van der Waals surface area contributed by atoms with Crippen molar-refractivity contribution in [2.45, 2.75) is 18.9 Å². The molecule has 0 radical (unpaired) electrons. The highest BCUT2D eigenvalue weighted by Crippen LogP contribution is 2.28. The number of nitrogens with one attached hydrogen (secondary N) is 2. The maximum atomic E-state index is 13.6. The summed E-state index contributed by atoms with van der Waals surface area (Å²) in [6.45, 7) is 0. The maximum Gasteiger partial charge on any atom is 0.256 e. The average Bonchev–Trinajstić information content (AvgIpc) is 3.25. The van der Waals surface area contributed by atoms with Crippen LogP contribution in [0.5, 0.6) is 5.75 Å². The summed E-state index contributed by atoms with van der Waals surface area (Å²) in [6.07, 6.45) is 2.94. The van der Waals surface area contributed by atoms with Gasteiger partial charge in [-0.05, 0) is 18.9 Å². The van der Waals surface area contributed by atoms with Gasteiger partial charge in [0.2, 0.25) is 11.2 Å². The highest BCUT2D eigenvalue weighted by Gasteiger charge is 2.26. The zero-order valence-corrected chi connectivity index (χ0v) is 11.1. The van der Waals surface area contributed by atoms with Gasteiger partial charge >= 0.3 is 0 Å². The third-order valence-corrected chi connectivity index (χ3v) is 3.39. The van der Waals surface area contributed by atoms with E-state index in [2.05, 4.69) is 10.3 Å². The lowest BCUT2D eigenvalue weighted by atomic mass is 10.1. The number of H-pyrrole nitrogens is 1. The van der Waals surface area contributed by atoms with Gasteiger partial charge in [-0.3, -0.25) is 9.59 Å². The lowest BCUT2D eigenvalue weighted by Gasteiger charge is -2.09. The second kappa shape index (κ2) is 4.83. The molecule has 2 aromatic rings. The van der Waals surface area contributed by atoms with Crippen molar-refractivity contribution in [2.75, 3.05) is 7.11 Å². The van der Waals surface area contributed by atoms with Crippen molar-refractivity contribution < 1.29 is 18.3 Å². The van der Waals surface area contributed by atoms with Gasteiger partial charge in [-0.15, -0.1) is 0 Å². The first-order valence-corrected chi connectivity index (χ1v) is 6.41. The quantitative estimate of drug-likeness (QED) is 0.905. The molecule has 5 nitrogen and oxygen atoms in total. The van der Waals surface area contributed by atoms with E-state index in [0.29, 0.717) is 0 Å². The van der Waals surface area contributed by atoms with E-state index in [-0.39, 0.29) is 22.5 Å². The van der Waals surface area contributed by atoms with Crippen LogP contribution in [0.15, 0.2) is 17.1 Å². The summed E-state index contributed by atoms with van der Waals surface area (Å²) in [5.41, 5.74) is -0.786. The lowest BCUT2D eigenvalue weighted by Crippen LogP contribution is -2.30. The number of aromatic amines is 1. The summed E-state index contributed by atoms with van der Waals surface area (Å²) in [7, 11) is 1.17. The number of carbonyl (C=O) groups excluding carboxylic acids is 1. The smallest absolute Gasteiger partial charge is 0.256 e. The molecule has 7 heteroatoms. The van der Waals surface area contributed by atoms with Crippen LogP contribution in [-0.4, -0.2) is 24.0 Å². The van der Waals surface area contributed by atoms with E-state index in [4.69, 9.17) is 4.74 Å². The molecule has 1 saturated carbocycles. The van der Waals surface area contributed by atoms with Crippen molar-refractivity contribution >= 4 is 16.8 Å². The third-order valence-electron chi connectivity index (χ3n) is 3.39. The number of methoxy groups -OCH3 is 1. The molecule has 21 heavy (non-hydrogen) atoms. The molecule has 1 aliphatic carbocycles. The Hall–Kier alpha value is -2.44. The van der Waals surface area contributed by atoms with Crippen LogP contribution in [0, 0.1) is 11.6 Å². The fourth-order valence-corrected chi connectivity index (χ4v) is 2.13. The van der Waals surface area contributed by atoms with Crippen molar-refractivity contribution in [3.8, 4) is 5.75 Å². The molecule has 1 fully saturated rings. The summed E-state index contributed by atoms with van der Waals surface area (Å²) < 4.78 is 31.9. The molecule has 3 rings (SSSR count). The molecule has 1 amide bonds. The van der Waals surface area contributed by atoms with Crippen molar-refractivity contribution in [3.05, 3.63) is 39.7 Å². The summed E-state index contributed by atoms with van der Waals surface area (Å²) >= 11 is 0. The Bertz CT molecular complexity index is 797. The molecule has 110 valence electrons. The second-order valence-electron chi connectivity index (χ2n) is 4.91. The molecule has 1 aliphatic rings. The van der Waals surface area contributed by atoms with Gasteiger partial charge in [0.15, 0.2) is 11.6 Å². The predicted octanol–water partition coefficient (Wildman–Crippen LogP) is 1.71. The van der Waals surface area contributed by atoms with E-state index < -0.39 is 28.7 Å². The molecule has 0 saturated heterocycles. The first-order valence-electron chi connectivity index (χ1n) is 6.41. The van der Waals surface area contributed by atoms with Crippen LogP contribution in [0.1, 0.15) is 23.2 Å². The molecule has 1 aromatic heterocycles. The molecule has 2 N–H and O–H groups in total. The molecule has 1 aromatic carbocycles. The number of hydrogen-bond donors (Lipinski definition) is 2. The Balaban J connectivity index is 2.18. The number of amides is 1. The molecule has 0 aliphatic heterocycles. The van der Waals surface area contributed by atoms with Crippen LogP contribution < -0.4 is 15.5 Å². The van der Waals surface area contributed by atoms with E-state index in [1.807, 2.05) is 0 Å². The zero-order chi connectivity index (χ0) is 15.1. The number of carbonyl (C=O) groups is 1. The summed E-state index contributed by atoms with van der Waals surface area (Å²) in [5.74, 6) is -3.30. The fraction of sp³-hybridized carbons (Fsp3) is 0.286. The first-order chi connectivity index (χ1) is 10.0. The van der Waals surface area contributed by atoms with Crippen molar-refractivity contribution in [1.82, 2.24) is 10.3 Å². The Morgan fingerprint density at radius 3 is 2.76 bits per heavy atom. The minimum Gasteiger partial charge on any atom is -0.491 e. The normalized spacial score (nSPS) is 14.2. The molecular formula is C14H12F2N2O3. The number of benzene rings is 1. The van der Waals surface area contributed by atoms with Gasteiger partial charge in [-0.2, -0.15) is 4.39 Å². The molecule has 0 unspecified atom stereocenters. The number of hydrogen-bond acceptors (Lipinski definition) is 3. The van der Waals surface area contributed by atoms with Gasteiger partial charge in [-0.25, -0.2) is 4.39 Å². The first kappa shape index (κ1) is 13.5. The van der Waals surface area contributed by atoms with E-state index in [9.17, 15) is 18.4 Å². The van der Waals surface area contributed by atoms with E-state index >= 15 is 0 Å². The maximum absolute atomic E-state index is 13.6. The molecular weight excluding hydrogens is 282 g/mol. The molecule has 0 spiro atoms. The summed E-state index contributed by atoms with van der Waals surface area (Å²) in [6, 6.07) is 0.854. The van der Waals surface area contributed by atoms with Crippen LogP contribution in [0.2, 0.25) is 0 Å². The van der Waals surface area contributed by atoms with Crippen LogP contribution >= 0.6 is 0 Å². The van der Waals surface area contributed by atoms with E-state index in [1.165, 1.54) is 13.3 Å². The monoisotopic (exact) mass is 294 g/mol. The molecule has 0 atom stereocenters. The predicted molar refractivity (Wildman–Crippen MR) is 71.5 cm³/mol. The summed E-state index contributed by atoms with van der Waals surface area (Å²) in [4.78, 5) is 26.8. The largest absolute Gasteiger partial charge is 0.491 e. The molecule has 1 heterocycles. The number of aromatic nitrogens is 1. The Labute approximate surface area is 117 Å². The second-order valence-corrected chi connectivity index (χ2v) is 4.91. The Morgan fingerprint density at radius 2 is 2.14 bits per heavy atom. The third kappa shape index (κ3) is 2.24. The number of halogens is 2. The van der Waals surface area contributed by atoms with Gasteiger partial charge in [-0.1, -0.05) is 0 Å². The van der Waals surface area contributed by atoms with Gasteiger partial charge < -0.3 is 15.0 Å². The number of rotatable bonds is 3. The van der Waals surface area contributed by atoms with E-state index in [1.54, 1.807) is 0 Å². The number of pyridine rings is 1. The lowest BCUT2D eigenvalue weighted by molar-refractivity contribution is 0.0950. The minimum absolute atomic E-state index is 0.0179. The van der Waals surface area contributed by atoms with Gasteiger partial charge in [0.05, 0.1) is 18.0 Å². The molecule has 0 bridgehead atoms. The standard InChI is InChI=1S/C14H12F2N2O3/c1-21-13-10(16)9(15)4-7-11(13)17-5-8(12(7)19)14(20)18-6-2-3-6/h4-6H,2-3H2,1H3,(H,17,19)(H,18,20).